The summed E-state index contributed by atoms with van der Waals surface area (Å²) in [7, 11) is 0. The lowest BCUT2D eigenvalue weighted by molar-refractivity contribution is 0.378. The molecule has 1 N–H and O–H groups in total. The van der Waals surface area contributed by atoms with Crippen LogP contribution in [0.1, 0.15) is 59.1 Å². The van der Waals surface area contributed by atoms with E-state index in [1.54, 1.807) is 0 Å². The number of nitrogens with one attached hydrogen (secondary N) is 1. The monoisotopic (exact) mass is 299 g/mol. The zero-order valence-corrected chi connectivity index (χ0v) is 14.6. The molecular formula is C19H29N3. The standard InChI is InChI=1S/C19H29N3/c1-6-7-12-22-14-18(13-20-22)17-10-8-16(9-11-17)15(2)21-19(3,4)5/h8-11,13-15,21H,6-7,12H2,1-5H3/t15-/m0/s1. The highest BCUT2D eigenvalue weighted by atomic mass is 15.3. The second kappa shape index (κ2) is 7.10. The molecule has 2 rings (SSSR count). The van der Waals surface area contributed by atoms with Gasteiger partial charge in [-0.25, -0.2) is 0 Å². The molecule has 3 heteroatoms. The second-order valence-corrected chi connectivity index (χ2v) is 7.08. The molecule has 120 valence electrons. The summed E-state index contributed by atoms with van der Waals surface area (Å²) in [6.45, 7) is 12.0. The molecule has 0 saturated carbocycles. The largest absolute Gasteiger partial charge is 0.306 e. The van der Waals surface area contributed by atoms with Crippen LogP contribution in [-0.4, -0.2) is 15.3 Å². The van der Waals surface area contributed by atoms with E-state index in [0.29, 0.717) is 6.04 Å². The van der Waals surface area contributed by atoms with E-state index in [9.17, 15) is 0 Å². The van der Waals surface area contributed by atoms with Crippen LogP contribution in [0.5, 0.6) is 0 Å². The number of unbranched alkanes of at least 4 members (excludes halogenated alkanes) is 1. The molecule has 0 aliphatic heterocycles. The SMILES string of the molecule is CCCCn1cc(-c2ccc([C@H](C)NC(C)(C)C)cc2)cn1. The first-order valence-electron chi connectivity index (χ1n) is 8.29. The summed E-state index contributed by atoms with van der Waals surface area (Å²) in [4.78, 5) is 0. The maximum Gasteiger partial charge on any atom is 0.0568 e. The lowest BCUT2D eigenvalue weighted by Gasteiger charge is -2.26. The third-order valence-electron chi connectivity index (χ3n) is 3.77. The molecule has 1 aromatic heterocycles. The van der Waals surface area contributed by atoms with E-state index < -0.39 is 0 Å². The molecule has 0 fully saturated rings. The highest BCUT2D eigenvalue weighted by molar-refractivity contribution is 5.62. The van der Waals surface area contributed by atoms with Gasteiger partial charge in [-0.3, -0.25) is 4.68 Å². The number of nitrogens with zero attached hydrogens (tertiary/aromatic N) is 2. The van der Waals surface area contributed by atoms with E-state index in [1.165, 1.54) is 29.5 Å². The molecule has 0 saturated heterocycles. The topological polar surface area (TPSA) is 29.9 Å². The van der Waals surface area contributed by atoms with Gasteiger partial charge in [-0.1, -0.05) is 37.6 Å². The Kier molecular flexibility index (Phi) is 5.41. The van der Waals surface area contributed by atoms with Crippen molar-refractivity contribution in [3.05, 3.63) is 42.2 Å². The average Bonchev–Trinajstić information content (AvgIpc) is 2.92. The van der Waals surface area contributed by atoms with Crippen molar-refractivity contribution >= 4 is 0 Å². The molecule has 0 unspecified atom stereocenters. The van der Waals surface area contributed by atoms with Gasteiger partial charge in [-0.2, -0.15) is 5.10 Å². The predicted octanol–water partition coefficient (Wildman–Crippen LogP) is 4.80. The van der Waals surface area contributed by atoms with Gasteiger partial charge >= 0.3 is 0 Å². The van der Waals surface area contributed by atoms with Crippen molar-refractivity contribution in [2.45, 2.75) is 65.6 Å². The molecule has 0 amide bonds. The summed E-state index contributed by atoms with van der Waals surface area (Å²) >= 11 is 0. The molecule has 0 bridgehead atoms. The fraction of sp³-hybridized carbons (Fsp3) is 0.526. The van der Waals surface area contributed by atoms with Crippen LogP contribution < -0.4 is 5.32 Å². The summed E-state index contributed by atoms with van der Waals surface area (Å²) in [5.74, 6) is 0. The fourth-order valence-corrected chi connectivity index (χ4v) is 2.65. The second-order valence-electron chi connectivity index (χ2n) is 7.08. The smallest absolute Gasteiger partial charge is 0.0568 e. The van der Waals surface area contributed by atoms with Gasteiger partial charge in [-0.05, 0) is 45.2 Å². The van der Waals surface area contributed by atoms with Crippen molar-refractivity contribution in [3.8, 4) is 11.1 Å². The van der Waals surface area contributed by atoms with Crippen LogP contribution in [-0.2, 0) is 6.54 Å². The highest BCUT2D eigenvalue weighted by Gasteiger charge is 2.14. The van der Waals surface area contributed by atoms with Crippen LogP contribution in [0.25, 0.3) is 11.1 Å². The van der Waals surface area contributed by atoms with Gasteiger partial charge in [0.25, 0.3) is 0 Å². The van der Waals surface area contributed by atoms with Crippen LogP contribution in [0.2, 0.25) is 0 Å². The minimum absolute atomic E-state index is 0.124. The number of aromatic nitrogens is 2. The Balaban J connectivity index is 2.06. The summed E-state index contributed by atoms with van der Waals surface area (Å²) in [6.07, 6.45) is 6.47. The average molecular weight is 299 g/mol. The Bertz CT molecular complexity index is 575. The molecule has 2 aromatic rings. The van der Waals surface area contributed by atoms with Gasteiger partial charge in [0, 0.05) is 29.9 Å². The van der Waals surface area contributed by atoms with Crippen LogP contribution in [0, 0.1) is 0 Å². The van der Waals surface area contributed by atoms with Gasteiger partial charge in [0.2, 0.25) is 0 Å². The van der Waals surface area contributed by atoms with Crippen molar-refractivity contribution in [2.24, 2.45) is 0 Å². The first-order chi connectivity index (χ1) is 10.4. The van der Waals surface area contributed by atoms with E-state index in [1.807, 2.05) is 10.9 Å². The number of hydrogen-bond acceptors (Lipinski definition) is 2. The fourth-order valence-electron chi connectivity index (χ4n) is 2.65. The van der Waals surface area contributed by atoms with Crippen molar-refractivity contribution in [1.29, 1.82) is 0 Å². The maximum absolute atomic E-state index is 4.44. The van der Waals surface area contributed by atoms with Crippen LogP contribution >= 0.6 is 0 Å². The van der Waals surface area contributed by atoms with E-state index in [2.05, 4.69) is 75.5 Å². The normalized spacial score (nSPS) is 13.3. The van der Waals surface area contributed by atoms with E-state index in [4.69, 9.17) is 0 Å². The Morgan fingerprint density at radius 3 is 2.41 bits per heavy atom. The zero-order valence-electron chi connectivity index (χ0n) is 14.6. The molecule has 1 heterocycles. The summed E-state index contributed by atoms with van der Waals surface area (Å²) in [6, 6.07) is 9.15. The summed E-state index contributed by atoms with van der Waals surface area (Å²) in [5, 5.41) is 8.05. The minimum atomic E-state index is 0.124. The predicted molar refractivity (Wildman–Crippen MR) is 93.9 cm³/mol. The maximum atomic E-state index is 4.44. The van der Waals surface area contributed by atoms with Crippen molar-refractivity contribution < 1.29 is 0 Å². The lowest BCUT2D eigenvalue weighted by atomic mass is 10.0. The van der Waals surface area contributed by atoms with Crippen LogP contribution in [0.4, 0.5) is 0 Å². The molecule has 1 atom stereocenters. The summed E-state index contributed by atoms with van der Waals surface area (Å²) in [5.41, 5.74) is 3.86. The molecule has 0 aliphatic carbocycles. The van der Waals surface area contributed by atoms with E-state index in [0.717, 1.165) is 6.54 Å². The zero-order chi connectivity index (χ0) is 16.2. The van der Waals surface area contributed by atoms with E-state index in [-0.39, 0.29) is 5.54 Å². The Labute approximate surface area is 134 Å². The van der Waals surface area contributed by atoms with Crippen LogP contribution in [0.3, 0.4) is 0 Å². The molecule has 3 nitrogen and oxygen atoms in total. The van der Waals surface area contributed by atoms with Crippen molar-refractivity contribution in [2.75, 3.05) is 0 Å². The Hall–Kier alpha value is -1.61. The molecule has 22 heavy (non-hydrogen) atoms. The molecule has 0 spiro atoms. The number of hydrogen-bond donors (Lipinski definition) is 1. The van der Waals surface area contributed by atoms with Gasteiger partial charge in [0.15, 0.2) is 0 Å². The van der Waals surface area contributed by atoms with Crippen LogP contribution in [0.15, 0.2) is 36.7 Å². The molecule has 0 radical (unpaired) electrons. The summed E-state index contributed by atoms with van der Waals surface area (Å²) < 4.78 is 2.04. The van der Waals surface area contributed by atoms with Gasteiger partial charge in [0.05, 0.1) is 6.20 Å². The lowest BCUT2D eigenvalue weighted by Crippen LogP contribution is -2.37. The molecule has 1 aromatic carbocycles. The Morgan fingerprint density at radius 1 is 1.14 bits per heavy atom. The van der Waals surface area contributed by atoms with Crippen molar-refractivity contribution in [3.63, 3.8) is 0 Å². The molecule has 0 aliphatic rings. The van der Waals surface area contributed by atoms with Gasteiger partial charge in [-0.15, -0.1) is 0 Å². The third-order valence-corrected chi connectivity index (χ3v) is 3.77. The van der Waals surface area contributed by atoms with E-state index >= 15 is 0 Å². The first-order valence-corrected chi connectivity index (χ1v) is 8.29. The first kappa shape index (κ1) is 16.8. The number of benzene rings is 1. The van der Waals surface area contributed by atoms with Crippen molar-refractivity contribution in [1.82, 2.24) is 15.1 Å². The quantitative estimate of drug-likeness (QED) is 0.830. The number of rotatable bonds is 6. The Morgan fingerprint density at radius 2 is 1.82 bits per heavy atom. The minimum Gasteiger partial charge on any atom is -0.306 e. The highest BCUT2D eigenvalue weighted by Crippen LogP contribution is 2.22. The van der Waals surface area contributed by atoms with Gasteiger partial charge < -0.3 is 5.32 Å². The number of aryl methyl sites for hydroxylation is 1. The molecular weight excluding hydrogens is 270 g/mol. The van der Waals surface area contributed by atoms with Gasteiger partial charge in [0.1, 0.15) is 0 Å². The third kappa shape index (κ3) is 4.70.